The van der Waals surface area contributed by atoms with E-state index in [-0.39, 0.29) is 0 Å². The minimum absolute atomic E-state index is 0.524. The number of rotatable bonds is 2. The summed E-state index contributed by atoms with van der Waals surface area (Å²) in [7, 11) is 0. The van der Waals surface area contributed by atoms with E-state index in [1.165, 1.54) is 18.8 Å². The summed E-state index contributed by atoms with van der Waals surface area (Å²) in [4.78, 5) is 2.46. The van der Waals surface area contributed by atoms with Crippen LogP contribution in [0.15, 0.2) is 30.3 Å². The van der Waals surface area contributed by atoms with E-state index in [1.54, 1.807) is 0 Å². The molecule has 1 fully saturated rings. The highest BCUT2D eigenvalue weighted by Gasteiger charge is 2.40. The van der Waals surface area contributed by atoms with Crippen molar-refractivity contribution in [3.8, 4) is 0 Å². The SMILES string of the molecule is CC(C)C1(C)CN(c2ccccc2)C1. The molecule has 1 heteroatoms. The van der Waals surface area contributed by atoms with Gasteiger partial charge in [0.2, 0.25) is 0 Å². The molecule has 14 heavy (non-hydrogen) atoms. The largest absolute Gasteiger partial charge is 0.370 e. The van der Waals surface area contributed by atoms with E-state index in [9.17, 15) is 0 Å². The van der Waals surface area contributed by atoms with Crippen molar-refractivity contribution >= 4 is 5.69 Å². The molecular formula is C13H19N. The maximum Gasteiger partial charge on any atom is 0.0366 e. The number of hydrogen-bond acceptors (Lipinski definition) is 1. The van der Waals surface area contributed by atoms with Crippen molar-refractivity contribution in [1.82, 2.24) is 0 Å². The van der Waals surface area contributed by atoms with Gasteiger partial charge in [0.15, 0.2) is 0 Å². The molecule has 0 aliphatic carbocycles. The summed E-state index contributed by atoms with van der Waals surface area (Å²) >= 11 is 0. The number of nitrogens with zero attached hydrogens (tertiary/aromatic N) is 1. The minimum atomic E-state index is 0.524. The Morgan fingerprint density at radius 1 is 1.14 bits per heavy atom. The lowest BCUT2D eigenvalue weighted by Crippen LogP contribution is -2.57. The molecule has 1 heterocycles. The van der Waals surface area contributed by atoms with Crippen molar-refractivity contribution in [2.45, 2.75) is 20.8 Å². The maximum absolute atomic E-state index is 2.46. The molecule has 0 saturated carbocycles. The van der Waals surface area contributed by atoms with Gasteiger partial charge in [-0.25, -0.2) is 0 Å². The van der Waals surface area contributed by atoms with Crippen LogP contribution in [-0.2, 0) is 0 Å². The summed E-state index contributed by atoms with van der Waals surface area (Å²) in [5, 5.41) is 0. The van der Waals surface area contributed by atoms with Gasteiger partial charge in [0.25, 0.3) is 0 Å². The van der Waals surface area contributed by atoms with Gasteiger partial charge in [0.1, 0.15) is 0 Å². The molecule has 2 rings (SSSR count). The molecule has 0 atom stereocenters. The third-order valence-corrected chi connectivity index (χ3v) is 3.62. The predicted molar refractivity (Wildman–Crippen MR) is 61.6 cm³/mol. The Morgan fingerprint density at radius 3 is 2.21 bits per heavy atom. The van der Waals surface area contributed by atoms with E-state index in [0.717, 1.165) is 5.92 Å². The van der Waals surface area contributed by atoms with Gasteiger partial charge >= 0.3 is 0 Å². The van der Waals surface area contributed by atoms with Crippen LogP contribution in [0, 0.1) is 11.3 Å². The van der Waals surface area contributed by atoms with Crippen LogP contribution in [-0.4, -0.2) is 13.1 Å². The molecule has 0 N–H and O–H groups in total. The highest BCUT2D eigenvalue weighted by molar-refractivity contribution is 5.49. The third kappa shape index (κ3) is 1.52. The second-order valence-corrected chi connectivity index (χ2v) is 5.00. The molecule has 0 spiro atoms. The average molecular weight is 189 g/mol. The van der Waals surface area contributed by atoms with Crippen molar-refractivity contribution in [1.29, 1.82) is 0 Å². The quantitative estimate of drug-likeness (QED) is 0.690. The molecule has 1 aromatic carbocycles. The Balaban J connectivity index is 2.02. The van der Waals surface area contributed by atoms with Crippen LogP contribution in [0.5, 0.6) is 0 Å². The molecule has 1 aromatic rings. The second-order valence-electron chi connectivity index (χ2n) is 5.00. The molecule has 1 saturated heterocycles. The number of hydrogen-bond donors (Lipinski definition) is 0. The highest BCUT2D eigenvalue weighted by Crippen LogP contribution is 2.39. The zero-order valence-electron chi connectivity index (χ0n) is 9.33. The van der Waals surface area contributed by atoms with Crippen molar-refractivity contribution in [3.05, 3.63) is 30.3 Å². The van der Waals surface area contributed by atoms with Crippen molar-refractivity contribution in [2.75, 3.05) is 18.0 Å². The fourth-order valence-electron chi connectivity index (χ4n) is 2.01. The van der Waals surface area contributed by atoms with Gasteiger partial charge in [-0.1, -0.05) is 39.0 Å². The van der Waals surface area contributed by atoms with Crippen LogP contribution >= 0.6 is 0 Å². The molecule has 76 valence electrons. The lowest BCUT2D eigenvalue weighted by Gasteiger charge is -2.52. The zero-order valence-corrected chi connectivity index (χ0v) is 9.33. The molecule has 0 aromatic heterocycles. The van der Waals surface area contributed by atoms with E-state index in [4.69, 9.17) is 0 Å². The summed E-state index contributed by atoms with van der Waals surface area (Å²) in [5.74, 6) is 0.780. The van der Waals surface area contributed by atoms with E-state index in [0.29, 0.717) is 5.41 Å². The zero-order chi connectivity index (χ0) is 10.2. The Kier molecular flexibility index (Phi) is 2.26. The molecule has 0 amide bonds. The third-order valence-electron chi connectivity index (χ3n) is 3.62. The van der Waals surface area contributed by atoms with E-state index in [2.05, 4.69) is 56.0 Å². The highest BCUT2D eigenvalue weighted by atomic mass is 15.2. The summed E-state index contributed by atoms with van der Waals surface area (Å²) < 4.78 is 0. The molecule has 1 aliphatic heterocycles. The first-order valence-electron chi connectivity index (χ1n) is 5.42. The summed E-state index contributed by atoms with van der Waals surface area (Å²) in [6.45, 7) is 9.44. The van der Waals surface area contributed by atoms with Gasteiger partial charge in [-0.15, -0.1) is 0 Å². The fourth-order valence-corrected chi connectivity index (χ4v) is 2.01. The number of benzene rings is 1. The summed E-state index contributed by atoms with van der Waals surface area (Å²) in [6, 6.07) is 10.7. The Hall–Kier alpha value is -0.980. The summed E-state index contributed by atoms with van der Waals surface area (Å²) in [6.07, 6.45) is 0. The van der Waals surface area contributed by atoms with Crippen LogP contribution in [0.25, 0.3) is 0 Å². The van der Waals surface area contributed by atoms with Gasteiger partial charge < -0.3 is 4.90 Å². The average Bonchev–Trinajstić information content (AvgIpc) is 2.14. The first kappa shape index (κ1) is 9.57. The molecule has 1 aliphatic rings. The molecule has 0 unspecified atom stereocenters. The molecule has 0 bridgehead atoms. The number of anilines is 1. The van der Waals surface area contributed by atoms with Gasteiger partial charge in [0.05, 0.1) is 0 Å². The smallest absolute Gasteiger partial charge is 0.0366 e. The fraction of sp³-hybridized carbons (Fsp3) is 0.538. The van der Waals surface area contributed by atoms with E-state index < -0.39 is 0 Å². The van der Waals surface area contributed by atoms with E-state index in [1.807, 2.05) is 0 Å². The van der Waals surface area contributed by atoms with Crippen LogP contribution < -0.4 is 4.90 Å². The first-order chi connectivity index (χ1) is 6.62. The topological polar surface area (TPSA) is 3.24 Å². The normalized spacial score (nSPS) is 19.6. The Bertz CT molecular complexity index is 296. The standard InChI is InChI=1S/C13H19N/c1-11(2)13(3)9-14(10-13)12-7-5-4-6-8-12/h4-8,11H,9-10H2,1-3H3. The van der Waals surface area contributed by atoms with Crippen molar-refractivity contribution < 1.29 is 0 Å². The molecular weight excluding hydrogens is 170 g/mol. The van der Waals surface area contributed by atoms with Gasteiger partial charge in [0, 0.05) is 24.2 Å². The first-order valence-corrected chi connectivity index (χ1v) is 5.42. The number of para-hydroxylation sites is 1. The summed E-state index contributed by atoms with van der Waals surface area (Å²) in [5.41, 5.74) is 1.89. The monoisotopic (exact) mass is 189 g/mol. The minimum Gasteiger partial charge on any atom is -0.370 e. The lowest BCUT2D eigenvalue weighted by atomic mass is 9.72. The van der Waals surface area contributed by atoms with Gasteiger partial charge in [-0.2, -0.15) is 0 Å². The van der Waals surface area contributed by atoms with Crippen LogP contribution in [0.2, 0.25) is 0 Å². The van der Waals surface area contributed by atoms with Crippen LogP contribution in [0.1, 0.15) is 20.8 Å². The van der Waals surface area contributed by atoms with Crippen molar-refractivity contribution in [2.24, 2.45) is 11.3 Å². The van der Waals surface area contributed by atoms with Crippen molar-refractivity contribution in [3.63, 3.8) is 0 Å². The lowest BCUT2D eigenvalue weighted by molar-refractivity contribution is 0.161. The predicted octanol–water partition coefficient (Wildman–Crippen LogP) is 3.17. The molecule has 1 nitrogen and oxygen atoms in total. The second kappa shape index (κ2) is 3.30. The van der Waals surface area contributed by atoms with Gasteiger partial charge in [-0.3, -0.25) is 0 Å². The Labute approximate surface area is 86.7 Å². The maximum atomic E-state index is 2.46. The molecule has 0 radical (unpaired) electrons. The van der Waals surface area contributed by atoms with E-state index >= 15 is 0 Å². The van der Waals surface area contributed by atoms with Crippen LogP contribution in [0.3, 0.4) is 0 Å². The Morgan fingerprint density at radius 2 is 1.71 bits per heavy atom. The van der Waals surface area contributed by atoms with Gasteiger partial charge in [-0.05, 0) is 18.1 Å². The van der Waals surface area contributed by atoms with Crippen LogP contribution in [0.4, 0.5) is 5.69 Å².